The Morgan fingerprint density at radius 3 is 2.51 bits per heavy atom. The number of carbonyl (C=O) groups is 4. The van der Waals surface area contributed by atoms with Gasteiger partial charge in [0.2, 0.25) is 0 Å². The molecule has 0 radical (unpaired) electrons. The van der Waals surface area contributed by atoms with Gasteiger partial charge in [0.25, 0.3) is 5.91 Å². The molecule has 0 saturated carbocycles. The van der Waals surface area contributed by atoms with Crippen LogP contribution in [0.2, 0.25) is 5.02 Å². The van der Waals surface area contributed by atoms with Crippen molar-refractivity contribution in [2.45, 2.75) is 51.2 Å². The van der Waals surface area contributed by atoms with Crippen LogP contribution in [0.25, 0.3) is 0 Å². The van der Waals surface area contributed by atoms with Gasteiger partial charge >= 0.3 is 12.0 Å². The molecule has 2 atom stereocenters. The number of allylic oxidation sites excluding steroid dienone is 1. The summed E-state index contributed by atoms with van der Waals surface area (Å²) in [5, 5.41) is 14.9. The van der Waals surface area contributed by atoms with Crippen molar-refractivity contribution in [2.24, 2.45) is 0 Å². The van der Waals surface area contributed by atoms with Crippen LogP contribution >= 0.6 is 11.6 Å². The summed E-state index contributed by atoms with van der Waals surface area (Å²) in [6, 6.07) is 11.3. The van der Waals surface area contributed by atoms with E-state index in [0.717, 1.165) is 17.5 Å². The molecule has 0 spiro atoms. The molecule has 2 aliphatic rings. The van der Waals surface area contributed by atoms with Crippen LogP contribution < -0.4 is 10.6 Å². The molecule has 2 aromatic rings. The molecule has 9 heteroatoms. The fourth-order valence-electron chi connectivity index (χ4n) is 4.52. The van der Waals surface area contributed by atoms with Crippen molar-refractivity contribution in [3.05, 3.63) is 81.5 Å². The van der Waals surface area contributed by atoms with Crippen LogP contribution in [0.4, 0.5) is 4.79 Å². The van der Waals surface area contributed by atoms with Crippen LogP contribution in [-0.2, 0) is 20.9 Å². The van der Waals surface area contributed by atoms with Crippen molar-refractivity contribution >= 4 is 35.3 Å². The van der Waals surface area contributed by atoms with Crippen molar-refractivity contribution < 1.29 is 24.3 Å². The molecular weight excluding hydrogens is 470 g/mol. The normalized spacial score (nSPS) is 18.3. The minimum Gasteiger partial charge on any atom is -0.481 e. The molecule has 35 heavy (non-hydrogen) atoms. The topological polar surface area (TPSA) is 116 Å². The Balaban J connectivity index is 1.54. The number of rotatable bonds is 7. The summed E-state index contributed by atoms with van der Waals surface area (Å²) in [6.07, 6.45) is 1.53. The first-order valence-corrected chi connectivity index (χ1v) is 11.8. The molecular formula is C26H26ClN3O5. The van der Waals surface area contributed by atoms with Gasteiger partial charge in [-0.1, -0.05) is 59.6 Å². The van der Waals surface area contributed by atoms with Crippen LogP contribution in [0.1, 0.15) is 48.4 Å². The lowest BCUT2D eigenvalue weighted by molar-refractivity contribution is -0.139. The molecule has 3 amide bonds. The Labute approximate surface area is 207 Å². The third kappa shape index (κ3) is 5.38. The van der Waals surface area contributed by atoms with Crippen LogP contribution in [-0.4, -0.2) is 39.7 Å². The molecule has 8 nitrogen and oxygen atoms in total. The number of hydrogen-bond acceptors (Lipinski definition) is 4. The van der Waals surface area contributed by atoms with Gasteiger partial charge in [-0.15, -0.1) is 0 Å². The smallest absolute Gasteiger partial charge is 0.316 e. The average molecular weight is 496 g/mol. The van der Waals surface area contributed by atoms with E-state index in [2.05, 4.69) is 10.6 Å². The van der Waals surface area contributed by atoms with Crippen LogP contribution in [0.5, 0.6) is 0 Å². The maximum absolute atomic E-state index is 13.4. The minimum atomic E-state index is -1.39. The lowest BCUT2D eigenvalue weighted by Gasteiger charge is -2.34. The number of halogens is 1. The van der Waals surface area contributed by atoms with Crippen molar-refractivity contribution in [3.8, 4) is 0 Å². The highest BCUT2D eigenvalue weighted by molar-refractivity contribution is 6.31. The zero-order valence-electron chi connectivity index (χ0n) is 19.2. The third-order valence-corrected chi connectivity index (χ3v) is 6.68. The van der Waals surface area contributed by atoms with Gasteiger partial charge in [0.05, 0.1) is 19.0 Å². The highest BCUT2D eigenvalue weighted by Gasteiger charge is 2.43. The van der Waals surface area contributed by atoms with Crippen LogP contribution in [0, 0.1) is 6.92 Å². The molecule has 2 aromatic carbocycles. The number of carbonyl (C=O) groups excluding carboxylic acids is 3. The summed E-state index contributed by atoms with van der Waals surface area (Å²) in [7, 11) is 0. The van der Waals surface area contributed by atoms with Gasteiger partial charge in [-0.2, -0.15) is 0 Å². The molecule has 0 fully saturated rings. The Morgan fingerprint density at radius 2 is 1.83 bits per heavy atom. The number of hydrogen-bond donors (Lipinski definition) is 3. The van der Waals surface area contributed by atoms with Crippen molar-refractivity contribution in [3.63, 3.8) is 0 Å². The predicted molar refractivity (Wildman–Crippen MR) is 130 cm³/mol. The zero-order chi connectivity index (χ0) is 25.1. The first-order chi connectivity index (χ1) is 16.7. The third-order valence-electron chi connectivity index (χ3n) is 6.31. The Morgan fingerprint density at radius 1 is 1.11 bits per heavy atom. The van der Waals surface area contributed by atoms with E-state index in [1.54, 1.807) is 24.3 Å². The highest BCUT2D eigenvalue weighted by atomic mass is 35.5. The number of Topliss-reactive ketones (excluding diaryl/α,β-unsaturated/α-hetero) is 1. The molecule has 182 valence electrons. The van der Waals surface area contributed by atoms with Gasteiger partial charge in [0.15, 0.2) is 11.8 Å². The average Bonchev–Trinajstić information content (AvgIpc) is 3.30. The zero-order valence-corrected chi connectivity index (χ0v) is 20.0. The predicted octanol–water partition coefficient (Wildman–Crippen LogP) is 3.88. The van der Waals surface area contributed by atoms with E-state index in [1.165, 1.54) is 4.90 Å². The number of benzene rings is 2. The van der Waals surface area contributed by atoms with E-state index in [-0.39, 0.29) is 13.0 Å². The largest absolute Gasteiger partial charge is 0.481 e. The summed E-state index contributed by atoms with van der Waals surface area (Å²) >= 11 is 6.30. The van der Waals surface area contributed by atoms with Gasteiger partial charge in [0.1, 0.15) is 0 Å². The van der Waals surface area contributed by atoms with E-state index in [9.17, 15) is 24.3 Å². The number of carboxylic acids is 1. The number of nitrogens with zero attached hydrogens (tertiary/aromatic N) is 1. The molecule has 1 aliphatic carbocycles. The maximum atomic E-state index is 13.4. The number of nitrogens with one attached hydrogen (secondary N) is 2. The van der Waals surface area contributed by atoms with Crippen LogP contribution in [0.3, 0.4) is 0 Å². The number of aryl methyl sites for hydroxylation is 1. The lowest BCUT2D eigenvalue weighted by atomic mass is 9.96. The van der Waals surface area contributed by atoms with Crippen LogP contribution in [0.15, 0.2) is 59.8 Å². The van der Waals surface area contributed by atoms with Crippen molar-refractivity contribution in [1.29, 1.82) is 0 Å². The Bertz CT molecular complexity index is 1210. The van der Waals surface area contributed by atoms with E-state index in [4.69, 9.17) is 11.6 Å². The van der Waals surface area contributed by atoms with E-state index < -0.39 is 35.8 Å². The first kappa shape index (κ1) is 24.5. The van der Waals surface area contributed by atoms with Gasteiger partial charge in [-0.3, -0.25) is 14.4 Å². The summed E-state index contributed by atoms with van der Waals surface area (Å²) in [5.74, 6) is -2.04. The summed E-state index contributed by atoms with van der Waals surface area (Å²) in [5.41, 5.74) is 3.56. The second kappa shape index (κ2) is 10.3. The minimum absolute atomic E-state index is 0.190. The number of amides is 3. The summed E-state index contributed by atoms with van der Waals surface area (Å²) in [6.45, 7) is 2.09. The van der Waals surface area contributed by atoms with Gasteiger partial charge < -0.3 is 20.6 Å². The lowest BCUT2D eigenvalue weighted by Crippen LogP contribution is -2.57. The van der Waals surface area contributed by atoms with E-state index in [0.29, 0.717) is 34.7 Å². The fourth-order valence-corrected chi connectivity index (χ4v) is 4.72. The summed E-state index contributed by atoms with van der Waals surface area (Å²) < 4.78 is 0. The number of aliphatic carboxylic acids is 1. The van der Waals surface area contributed by atoms with Gasteiger partial charge in [-0.25, -0.2) is 4.79 Å². The molecule has 0 aromatic heterocycles. The van der Waals surface area contributed by atoms with Gasteiger partial charge in [-0.05, 0) is 43.4 Å². The second-order valence-electron chi connectivity index (χ2n) is 8.77. The van der Waals surface area contributed by atoms with Crippen molar-refractivity contribution in [1.82, 2.24) is 15.5 Å². The maximum Gasteiger partial charge on any atom is 0.316 e. The fraction of sp³-hybridized carbons (Fsp3) is 0.308. The summed E-state index contributed by atoms with van der Waals surface area (Å²) in [4.78, 5) is 52.3. The number of urea groups is 1. The molecule has 0 saturated heterocycles. The molecule has 1 heterocycles. The number of carboxylic acid groups (broad SMARTS) is 1. The molecule has 1 aliphatic heterocycles. The second-order valence-corrected chi connectivity index (χ2v) is 9.18. The van der Waals surface area contributed by atoms with E-state index in [1.807, 2.05) is 31.2 Å². The standard InChI is InChI=1S/C26H26ClN3O5/c1-15-9-11-16(12-10-15)20(13-22(31)32)28-26(35)29-23-24(33)18-6-4-8-21(18)30(25(23)34)14-17-5-2-3-7-19(17)27/h2-3,5,7,9-12,20,23H,4,6,8,13-14H2,1H3,(H,31,32)(H2,28,29,35). The Kier molecular flexibility index (Phi) is 7.21. The molecule has 0 bridgehead atoms. The highest BCUT2D eigenvalue weighted by Crippen LogP contribution is 2.36. The Hall–Kier alpha value is -3.65. The molecule has 2 unspecified atom stereocenters. The first-order valence-electron chi connectivity index (χ1n) is 11.4. The van der Waals surface area contributed by atoms with Gasteiger partial charge in [0, 0.05) is 16.3 Å². The monoisotopic (exact) mass is 495 g/mol. The van der Waals surface area contributed by atoms with Crippen molar-refractivity contribution in [2.75, 3.05) is 0 Å². The van der Waals surface area contributed by atoms with E-state index >= 15 is 0 Å². The number of ketones is 1. The quantitative estimate of drug-likeness (QED) is 0.504. The SMILES string of the molecule is Cc1ccc(C(CC(=O)O)NC(=O)NC2C(=O)C3=C(CCC3)N(Cc3ccccc3Cl)C2=O)cc1. The molecule has 3 N–H and O–H groups in total. The molecule has 4 rings (SSSR count).